The zero-order chi connectivity index (χ0) is 7.02. The zero-order valence-corrected chi connectivity index (χ0v) is 7.87. The molecule has 0 aromatic heterocycles. The van der Waals surface area contributed by atoms with E-state index in [9.17, 15) is 9.59 Å². The Bertz CT molecular complexity index is 174. The van der Waals surface area contributed by atoms with Crippen molar-refractivity contribution in [1.82, 2.24) is 9.80 Å². The summed E-state index contributed by atoms with van der Waals surface area (Å²) in [5.74, 6) is -0.137. The molecule has 0 aromatic carbocycles. The number of hydrogen-bond donors (Lipinski definition) is 0. The Morgan fingerprint density at radius 2 is 1.64 bits per heavy atom. The van der Waals surface area contributed by atoms with Gasteiger partial charge in [-0.25, -0.2) is 4.79 Å². The maximum Gasteiger partial charge on any atom is 0.326 e. The molecular weight excluding hydrogens is 191 g/mol. The molecule has 0 radical (unpaired) electrons. The van der Waals surface area contributed by atoms with Crippen LogP contribution in [0.4, 0.5) is 4.79 Å². The number of carbonyl (C=O) groups is 2. The van der Waals surface area contributed by atoms with Gasteiger partial charge in [-0.1, -0.05) is 0 Å². The molecule has 0 unspecified atom stereocenters. The second kappa shape index (κ2) is 4.41. The van der Waals surface area contributed by atoms with Crippen LogP contribution in [0.15, 0.2) is 0 Å². The number of urea groups is 1. The van der Waals surface area contributed by atoms with E-state index in [1.54, 1.807) is 7.05 Å². The lowest BCUT2D eigenvalue weighted by Gasteiger charge is -2.05. The molecule has 1 aliphatic rings. The summed E-state index contributed by atoms with van der Waals surface area (Å²) in [6.07, 6.45) is 0. The number of hydrogen-bond acceptors (Lipinski definition) is 2. The Kier molecular flexibility index (Phi) is 5.26. The van der Waals surface area contributed by atoms with Crippen molar-refractivity contribution in [2.45, 2.75) is 0 Å². The van der Waals surface area contributed by atoms with Gasteiger partial charge in [0, 0.05) is 14.1 Å². The van der Waals surface area contributed by atoms with Crippen molar-refractivity contribution in [1.29, 1.82) is 0 Å². The van der Waals surface area contributed by atoms with E-state index in [4.69, 9.17) is 0 Å². The van der Waals surface area contributed by atoms with E-state index in [-0.39, 0.29) is 43.3 Å². The lowest BCUT2D eigenvalue weighted by molar-refractivity contribution is -0.124. The van der Waals surface area contributed by atoms with Crippen LogP contribution >= 0.6 is 24.8 Å². The monoisotopic (exact) mass is 200 g/mol. The first kappa shape index (κ1) is 13.1. The maximum absolute atomic E-state index is 10.7. The summed E-state index contributed by atoms with van der Waals surface area (Å²) in [6, 6.07) is -0.222. The first-order valence-corrected chi connectivity index (χ1v) is 2.64. The van der Waals surface area contributed by atoms with E-state index in [0.717, 1.165) is 4.90 Å². The summed E-state index contributed by atoms with van der Waals surface area (Å²) in [7, 11) is 3.08. The molecule has 1 saturated heterocycles. The molecule has 0 bridgehead atoms. The van der Waals surface area contributed by atoms with Crippen molar-refractivity contribution in [2.24, 2.45) is 0 Å². The fraction of sp³-hybridized carbons (Fsp3) is 0.600. The number of nitrogens with zero attached hydrogens (tertiary/aromatic N) is 2. The van der Waals surface area contributed by atoms with Gasteiger partial charge in [0.05, 0.1) is 0 Å². The fourth-order valence-electron chi connectivity index (χ4n) is 0.739. The fourth-order valence-corrected chi connectivity index (χ4v) is 0.739. The normalized spacial score (nSPS) is 16.2. The van der Waals surface area contributed by atoms with Crippen molar-refractivity contribution in [2.75, 3.05) is 20.6 Å². The average Bonchev–Trinajstić information content (AvgIpc) is 1.98. The molecule has 6 heteroatoms. The van der Waals surface area contributed by atoms with Gasteiger partial charge in [0.1, 0.15) is 6.54 Å². The van der Waals surface area contributed by atoms with Crippen LogP contribution in [-0.4, -0.2) is 42.4 Å². The Balaban J connectivity index is 0. The lowest BCUT2D eigenvalue weighted by Crippen LogP contribution is -2.27. The Morgan fingerprint density at radius 3 is 1.73 bits per heavy atom. The van der Waals surface area contributed by atoms with Gasteiger partial charge in [-0.2, -0.15) is 0 Å². The van der Waals surface area contributed by atoms with Crippen LogP contribution in [0.1, 0.15) is 0 Å². The maximum atomic E-state index is 10.7. The van der Waals surface area contributed by atoms with Crippen molar-refractivity contribution < 1.29 is 9.59 Å². The van der Waals surface area contributed by atoms with E-state index in [2.05, 4.69) is 0 Å². The summed E-state index contributed by atoms with van der Waals surface area (Å²) in [6.45, 7) is 0.218. The van der Waals surface area contributed by atoms with Crippen LogP contribution in [0.5, 0.6) is 0 Å². The molecule has 4 nitrogen and oxygen atoms in total. The molecule has 0 aliphatic carbocycles. The number of imide groups is 1. The minimum Gasteiger partial charge on any atom is -0.318 e. The predicted molar refractivity (Wildman–Crippen MR) is 45.3 cm³/mol. The molecule has 0 spiro atoms. The van der Waals surface area contributed by atoms with E-state index < -0.39 is 0 Å². The summed E-state index contributed by atoms with van der Waals surface area (Å²) in [5, 5.41) is 0. The molecule has 3 amide bonds. The number of likely N-dealkylation sites (N-methyl/N-ethyl adjacent to an activating group) is 2. The zero-order valence-electron chi connectivity index (χ0n) is 6.23. The molecule has 1 fully saturated rings. The number of halogens is 2. The van der Waals surface area contributed by atoms with E-state index in [1.807, 2.05) is 0 Å². The van der Waals surface area contributed by atoms with Crippen LogP contribution in [0.2, 0.25) is 0 Å². The second-order valence-electron chi connectivity index (χ2n) is 2.09. The first-order chi connectivity index (χ1) is 4.13. The number of carbonyl (C=O) groups excluding carboxylic acids is 2. The van der Waals surface area contributed by atoms with E-state index in [1.165, 1.54) is 11.9 Å². The van der Waals surface area contributed by atoms with Crippen LogP contribution in [0.3, 0.4) is 0 Å². The molecule has 66 valence electrons. The quantitative estimate of drug-likeness (QED) is 0.530. The van der Waals surface area contributed by atoms with Gasteiger partial charge >= 0.3 is 6.03 Å². The topological polar surface area (TPSA) is 40.6 Å². The van der Waals surface area contributed by atoms with E-state index >= 15 is 0 Å². The van der Waals surface area contributed by atoms with E-state index in [0.29, 0.717) is 0 Å². The molecule has 1 heterocycles. The number of amides is 3. The first-order valence-electron chi connectivity index (χ1n) is 2.64. The predicted octanol–water partition coefficient (Wildman–Crippen LogP) is 0.354. The Labute approximate surface area is 77.3 Å². The summed E-state index contributed by atoms with van der Waals surface area (Å²) < 4.78 is 0. The molecule has 1 aliphatic heterocycles. The molecule has 0 saturated carbocycles. The Morgan fingerprint density at radius 1 is 1.18 bits per heavy atom. The summed E-state index contributed by atoms with van der Waals surface area (Å²) in [5.41, 5.74) is 0. The summed E-state index contributed by atoms with van der Waals surface area (Å²) >= 11 is 0. The summed E-state index contributed by atoms with van der Waals surface area (Å²) in [4.78, 5) is 23.9. The third-order valence-electron chi connectivity index (χ3n) is 1.36. The second-order valence-corrected chi connectivity index (χ2v) is 2.09. The van der Waals surface area contributed by atoms with Crippen LogP contribution in [0.25, 0.3) is 0 Å². The van der Waals surface area contributed by atoms with Gasteiger partial charge in [0.2, 0.25) is 5.91 Å². The highest BCUT2D eigenvalue weighted by Crippen LogP contribution is 2.02. The average molecular weight is 201 g/mol. The minimum atomic E-state index is -0.222. The van der Waals surface area contributed by atoms with Crippen molar-refractivity contribution in [3.63, 3.8) is 0 Å². The molecule has 1 rings (SSSR count). The van der Waals surface area contributed by atoms with Gasteiger partial charge in [-0.3, -0.25) is 9.69 Å². The highest BCUT2D eigenvalue weighted by Gasteiger charge is 2.29. The van der Waals surface area contributed by atoms with Crippen LogP contribution < -0.4 is 0 Å². The largest absolute Gasteiger partial charge is 0.326 e. The Hall–Kier alpha value is -0.480. The van der Waals surface area contributed by atoms with Crippen LogP contribution in [-0.2, 0) is 4.79 Å². The van der Waals surface area contributed by atoms with Crippen molar-refractivity contribution >= 4 is 36.8 Å². The molecular formula is C5H10Cl2N2O2. The van der Waals surface area contributed by atoms with Gasteiger partial charge in [-0.15, -0.1) is 24.8 Å². The third-order valence-corrected chi connectivity index (χ3v) is 1.36. The standard InChI is InChI=1S/C5H8N2O2.2ClH/c1-6-3-4(8)7(2)5(6)9;;/h3H2,1-2H3;2*1H. The molecule has 0 atom stereocenters. The minimum absolute atomic E-state index is 0. The molecule has 0 aromatic rings. The smallest absolute Gasteiger partial charge is 0.318 e. The SMILES string of the molecule is CN1CC(=O)N(C)C1=O.Cl.Cl. The highest BCUT2D eigenvalue weighted by atomic mass is 35.5. The number of rotatable bonds is 0. The van der Waals surface area contributed by atoms with Crippen LogP contribution in [0, 0.1) is 0 Å². The highest BCUT2D eigenvalue weighted by molar-refractivity contribution is 6.01. The molecule has 11 heavy (non-hydrogen) atoms. The van der Waals surface area contributed by atoms with Gasteiger partial charge < -0.3 is 4.90 Å². The van der Waals surface area contributed by atoms with Gasteiger partial charge in [-0.05, 0) is 0 Å². The van der Waals surface area contributed by atoms with Crippen molar-refractivity contribution in [3.8, 4) is 0 Å². The van der Waals surface area contributed by atoms with Gasteiger partial charge in [0.25, 0.3) is 0 Å². The lowest BCUT2D eigenvalue weighted by atomic mass is 10.6. The molecule has 0 N–H and O–H groups in total. The van der Waals surface area contributed by atoms with Gasteiger partial charge in [0.15, 0.2) is 0 Å². The third kappa shape index (κ3) is 2.24. The van der Waals surface area contributed by atoms with Crippen molar-refractivity contribution in [3.05, 3.63) is 0 Å².